The minimum atomic E-state index is -0.266. The number of halogens is 1. The topological polar surface area (TPSA) is 65.7 Å². The van der Waals surface area contributed by atoms with Gasteiger partial charge in [0, 0.05) is 50.7 Å². The molecule has 7 heteroatoms. The Morgan fingerprint density at radius 2 is 2.03 bits per heavy atom. The zero-order valence-electron chi connectivity index (χ0n) is 17.0. The molecule has 1 aromatic heterocycles. The standard InChI is InChI=1S/C22H30FN5O/c1-24-22(27-18-11-13-28(14-18)20-4-2-3-5-20)25-12-10-19-15-29-21(26-19)16-6-8-17(23)9-7-16/h6-9,15,18,20H,2-5,10-14H2,1H3,(H2,24,25,27). The lowest BCUT2D eigenvalue weighted by atomic mass is 10.2. The van der Waals surface area contributed by atoms with Gasteiger partial charge in [0.05, 0.1) is 5.69 Å². The van der Waals surface area contributed by atoms with E-state index in [0.717, 1.165) is 36.2 Å². The number of benzene rings is 1. The van der Waals surface area contributed by atoms with Gasteiger partial charge in [0.2, 0.25) is 5.89 Å². The van der Waals surface area contributed by atoms with Crippen LogP contribution in [0, 0.1) is 5.82 Å². The Morgan fingerprint density at radius 1 is 1.24 bits per heavy atom. The van der Waals surface area contributed by atoms with Gasteiger partial charge in [0.1, 0.15) is 12.1 Å². The number of nitrogens with zero attached hydrogens (tertiary/aromatic N) is 3. The summed E-state index contributed by atoms with van der Waals surface area (Å²) in [5.41, 5.74) is 1.64. The summed E-state index contributed by atoms with van der Waals surface area (Å²) in [4.78, 5) is 11.5. The summed E-state index contributed by atoms with van der Waals surface area (Å²) in [6.07, 6.45) is 9.04. The van der Waals surface area contributed by atoms with Gasteiger partial charge in [-0.15, -0.1) is 0 Å². The molecule has 0 radical (unpaired) electrons. The van der Waals surface area contributed by atoms with E-state index >= 15 is 0 Å². The van der Waals surface area contributed by atoms with Gasteiger partial charge in [-0.25, -0.2) is 9.37 Å². The summed E-state index contributed by atoms with van der Waals surface area (Å²) in [6.45, 7) is 3.01. The largest absolute Gasteiger partial charge is 0.444 e. The van der Waals surface area contributed by atoms with Crippen LogP contribution < -0.4 is 10.6 Å². The van der Waals surface area contributed by atoms with Gasteiger partial charge < -0.3 is 15.1 Å². The molecule has 1 saturated heterocycles. The summed E-state index contributed by atoms with van der Waals surface area (Å²) < 4.78 is 18.6. The van der Waals surface area contributed by atoms with Crippen LogP contribution in [0.4, 0.5) is 4.39 Å². The van der Waals surface area contributed by atoms with E-state index in [9.17, 15) is 4.39 Å². The van der Waals surface area contributed by atoms with Crippen molar-refractivity contribution >= 4 is 5.96 Å². The quantitative estimate of drug-likeness (QED) is 0.577. The zero-order valence-corrected chi connectivity index (χ0v) is 17.0. The Bertz CT molecular complexity index is 813. The number of likely N-dealkylation sites (tertiary alicyclic amines) is 1. The molecule has 1 atom stereocenters. The first-order chi connectivity index (χ1) is 14.2. The number of rotatable bonds is 6. The number of hydrogen-bond donors (Lipinski definition) is 2. The van der Waals surface area contributed by atoms with Gasteiger partial charge in [-0.3, -0.25) is 9.89 Å². The Labute approximate surface area is 171 Å². The molecule has 1 aliphatic carbocycles. The molecule has 1 unspecified atom stereocenters. The van der Waals surface area contributed by atoms with Crippen molar-refractivity contribution in [1.29, 1.82) is 0 Å². The third-order valence-corrected chi connectivity index (χ3v) is 5.94. The number of oxazole rings is 1. The fraction of sp³-hybridized carbons (Fsp3) is 0.545. The van der Waals surface area contributed by atoms with Gasteiger partial charge in [-0.1, -0.05) is 12.8 Å². The summed E-state index contributed by atoms with van der Waals surface area (Å²) in [6, 6.07) is 7.41. The van der Waals surface area contributed by atoms with E-state index < -0.39 is 0 Å². The van der Waals surface area contributed by atoms with Crippen LogP contribution in [-0.2, 0) is 6.42 Å². The maximum absolute atomic E-state index is 13.0. The minimum Gasteiger partial charge on any atom is -0.444 e. The fourth-order valence-electron chi connectivity index (χ4n) is 4.35. The molecular weight excluding hydrogens is 369 g/mol. The van der Waals surface area contributed by atoms with E-state index in [0.29, 0.717) is 18.5 Å². The molecule has 0 amide bonds. The van der Waals surface area contributed by atoms with E-state index in [-0.39, 0.29) is 5.82 Å². The van der Waals surface area contributed by atoms with Crippen LogP contribution in [0.5, 0.6) is 0 Å². The first-order valence-corrected chi connectivity index (χ1v) is 10.6. The smallest absolute Gasteiger partial charge is 0.226 e. The Hall–Kier alpha value is -2.41. The first kappa shape index (κ1) is 19.9. The van der Waals surface area contributed by atoms with Crippen LogP contribution in [0.25, 0.3) is 11.5 Å². The Balaban J connectivity index is 1.22. The molecule has 156 valence electrons. The summed E-state index contributed by atoms with van der Waals surface area (Å²) in [5.74, 6) is 1.09. The number of hydrogen-bond acceptors (Lipinski definition) is 4. The molecule has 2 aromatic rings. The summed E-state index contributed by atoms with van der Waals surface area (Å²) in [5, 5.41) is 6.93. The van der Waals surface area contributed by atoms with Crippen LogP contribution in [0.1, 0.15) is 37.8 Å². The fourth-order valence-corrected chi connectivity index (χ4v) is 4.35. The van der Waals surface area contributed by atoms with E-state index in [2.05, 4.69) is 25.5 Å². The number of nitrogens with one attached hydrogen (secondary N) is 2. The molecular formula is C22H30FN5O. The normalized spacial score (nSPS) is 21.0. The van der Waals surface area contributed by atoms with Gasteiger partial charge in [0.15, 0.2) is 5.96 Å². The first-order valence-electron chi connectivity index (χ1n) is 10.6. The van der Waals surface area contributed by atoms with Crippen LogP contribution in [0.2, 0.25) is 0 Å². The highest BCUT2D eigenvalue weighted by atomic mass is 19.1. The maximum atomic E-state index is 13.0. The average molecular weight is 400 g/mol. The van der Waals surface area contributed by atoms with Gasteiger partial charge in [0.25, 0.3) is 0 Å². The number of guanidine groups is 1. The highest BCUT2D eigenvalue weighted by Crippen LogP contribution is 2.26. The molecule has 29 heavy (non-hydrogen) atoms. The van der Waals surface area contributed by atoms with Crippen LogP contribution in [0.15, 0.2) is 39.9 Å². The molecule has 2 heterocycles. The third kappa shape index (κ3) is 5.15. The van der Waals surface area contributed by atoms with Gasteiger partial charge >= 0.3 is 0 Å². The molecule has 2 aliphatic rings. The lowest BCUT2D eigenvalue weighted by Crippen LogP contribution is -2.45. The second kappa shape index (κ2) is 9.39. The van der Waals surface area contributed by atoms with E-state index in [4.69, 9.17) is 4.42 Å². The van der Waals surface area contributed by atoms with Crippen LogP contribution in [0.3, 0.4) is 0 Å². The van der Waals surface area contributed by atoms with Gasteiger partial charge in [-0.2, -0.15) is 0 Å². The molecule has 1 aliphatic heterocycles. The van der Waals surface area contributed by atoms with Crippen molar-refractivity contribution in [2.45, 2.75) is 50.6 Å². The number of aliphatic imine (C=N–C) groups is 1. The second-order valence-electron chi connectivity index (χ2n) is 7.96. The van der Waals surface area contributed by atoms with Crippen molar-refractivity contribution in [1.82, 2.24) is 20.5 Å². The van der Waals surface area contributed by atoms with Crippen molar-refractivity contribution < 1.29 is 8.81 Å². The number of aromatic nitrogens is 1. The Morgan fingerprint density at radius 3 is 2.79 bits per heavy atom. The van der Waals surface area contributed by atoms with E-state index in [1.807, 2.05) is 7.05 Å². The molecule has 6 nitrogen and oxygen atoms in total. The minimum absolute atomic E-state index is 0.266. The second-order valence-corrected chi connectivity index (χ2v) is 7.96. The van der Waals surface area contributed by atoms with Crippen molar-refractivity contribution in [3.63, 3.8) is 0 Å². The summed E-state index contributed by atoms with van der Waals surface area (Å²) >= 11 is 0. The predicted octanol–water partition coefficient (Wildman–Crippen LogP) is 3.21. The molecule has 2 fully saturated rings. The zero-order chi connectivity index (χ0) is 20.1. The highest BCUT2D eigenvalue weighted by molar-refractivity contribution is 5.80. The third-order valence-electron chi connectivity index (χ3n) is 5.94. The van der Waals surface area contributed by atoms with Crippen molar-refractivity contribution in [3.05, 3.63) is 42.0 Å². The van der Waals surface area contributed by atoms with Crippen molar-refractivity contribution in [3.8, 4) is 11.5 Å². The SMILES string of the molecule is CN=C(NCCc1coc(-c2ccc(F)cc2)n1)NC1CCN(C2CCCC2)C1. The molecule has 2 N–H and O–H groups in total. The molecule has 1 saturated carbocycles. The molecule has 0 bridgehead atoms. The average Bonchev–Trinajstić information content (AvgIpc) is 3.49. The maximum Gasteiger partial charge on any atom is 0.226 e. The van der Waals surface area contributed by atoms with Crippen LogP contribution in [-0.4, -0.2) is 54.6 Å². The van der Waals surface area contributed by atoms with E-state index in [1.165, 1.54) is 50.8 Å². The van der Waals surface area contributed by atoms with E-state index in [1.54, 1.807) is 18.4 Å². The van der Waals surface area contributed by atoms with Crippen LogP contribution >= 0.6 is 0 Å². The Kier molecular flexibility index (Phi) is 6.44. The molecule has 0 spiro atoms. The van der Waals surface area contributed by atoms with Crippen molar-refractivity contribution in [2.24, 2.45) is 4.99 Å². The monoisotopic (exact) mass is 399 g/mol. The molecule has 4 rings (SSSR count). The highest BCUT2D eigenvalue weighted by Gasteiger charge is 2.30. The van der Waals surface area contributed by atoms with Crippen molar-refractivity contribution in [2.75, 3.05) is 26.7 Å². The molecule has 1 aromatic carbocycles. The lowest BCUT2D eigenvalue weighted by Gasteiger charge is -2.24. The van der Waals surface area contributed by atoms with Gasteiger partial charge in [-0.05, 0) is 43.5 Å². The lowest BCUT2D eigenvalue weighted by molar-refractivity contribution is 0.242. The summed E-state index contributed by atoms with van der Waals surface area (Å²) in [7, 11) is 1.81. The predicted molar refractivity (Wildman–Crippen MR) is 112 cm³/mol.